The topological polar surface area (TPSA) is 30.5 Å². The number of hydrogen-bond donors (Lipinski definition) is 1. The SMILES string of the molecule is CCOc1ccc(C2(OC)CCCNC2)cc1. The summed E-state index contributed by atoms with van der Waals surface area (Å²) in [5, 5.41) is 3.41. The van der Waals surface area contributed by atoms with E-state index in [1.807, 2.05) is 19.1 Å². The summed E-state index contributed by atoms with van der Waals surface area (Å²) in [4.78, 5) is 0. The van der Waals surface area contributed by atoms with E-state index in [4.69, 9.17) is 9.47 Å². The van der Waals surface area contributed by atoms with E-state index in [9.17, 15) is 0 Å². The molecular weight excluding hydrogens is 214 g/mol. The summed E-state index contributed by atoms with van der Waals surface area (Å²) in [7, 11) is 1.80. The monoisotopic (exact) mass is 235 g/mol. The molecule has 0 amide bonds. The molecule has 1 fully saturated rings. The lowest BCUT2D eigenvalue weighted by Gasteiger charge is -2.37. The van der Waals surface area contributed by atoms with E-state index in [2.05, 4.69) is 17.4 Å². The van der Waals surface area contributed by atoms with Crippen molar-refractivity contribution in [3.8, 4) is 5.75 Å². The normalized spacial score (nSPS) is 24.6. The number of piperidine rings is 1. The van der Waals surface area contributed by atoms with Gasteiger partial charge in [-0.2, -0.15) is 0 Å². The number of benzene rings is 1. The molecule has 0 saturated carbocycles. The summed E-state index contributed by atoms with van der Waals surface area (Å²) in [5.41, 5.74) is 1.07. The molecule has 1 heterocycles. The molecule has 0 radical (unpaired) electrons. The second kappa shape index (κ2) is 5.52. The summed E-state index contributed by atoms with van der Waals surface area (Å²) in [5.74, 6) is 0.922. The van der Waals surface area contributed by atoms with Crippen molar-refractivity contribution >= 4 is 0 Å². The lowest BCUT2D eigenvalue weighted by Crippen LogP contribution is -2.44. The fraction of sp³-hybridized carbons (Fsp3) is 0.571. The second-order valence-electron chi connectivity index (χ2n) is 4.44. The van der Waals surface area contributed by atoms with Gasteiger partial charge in [0.05, 0.1) is 6.61 Å². The maximum atomic E-state index is 5.76. The van der Waals surface area contributed by atoms with E-state index in [0.717, 1.165) is 31.7 Å². The molecule has 0 spiro atoms. The molecule has 2 rings (SSSR count). The van der Waals surface area contributed by atoms with Crippen molar-refractivity contribution in [2.45, 2.75) is 25.4 Å². The number of hydrogen-bond acceptors (Lipinski definition) is 3. The highest BCUT2D eigenvalue weighted by molar-refractivity contribution is 5.31. The van der Waals surface area contributed by atoms with Gasteiger partial charge in [-0.3, -0.25) is 0 Å². The predicted octanol–water partition coefficient (Wildman–Crippen LogP) is 2.31. The highest BCUT2D eigenvalue weighted by atomic mass is 16.5. The van der Waals surface area contributed by atoms with Crippen molar-refractivity contribution in [3.63, 3.8) is 0 Å². The van der Waals surface area contributed by atoms with E-state index < -0.39 is 0 Å². The van der Waals surface area contributed by atoms with Crippen LogP contribution in [0, 0.1) is 0 Å². The van der Waals surface area contributed by atoms with Crippen molar-refractivity contribution in [1.82, 2.24) is 5.32 Å². The third-order valence-electron chi connectivity index (χ3n) is 3.43. The van der Waals surface area contributed by atoms with Gasteiger partial charge in [-0.05, 0) is 44.0 Å². The first kappa shape index (κ1) is 12.4. The van der Waals surface area contributed by atoms with Crippen LogP contribution in [0.15, 0.2) is 24.3 Å². The van der Waals surface area contributed by atoms with E-state index >= 15 is 0 Å². The van der Waals surface area contributed by atoms with Crippen LogP contribution in [0.1, 0.15) is 25.3 Å². The number of ether oxygens (including phenoxy) is 2. The van der Waals surface area contributed by atoms with Gasteiger partial charge in [0.1, 0.15) is 11.4 Å². The summed E-state index contributed by atoms with van der Waals surface area (Å²) < 4.78 is 11.2. The molecule has 1 aromatic carbocycles. The fourth-order valence-electron chi connectivity index (χ4n) is 2.44. The van der Waals surface area contributed by atoms with Crippen LogP contribution >= 0.6 is 0 Å². The van der Waals surface area contributed by atoms with Gasteiger partial charge in [-0.15, -0.1) is 0 Å². The molecule has 1 N–H and O–H groups in total. The molecule has 17 heavy (non-hydrogen) atoms. The Kier molecular flexibility index (Phi) is 4.02. The fourth-order valence-corrected chi connectivity index (χ4v) is 2.44. The van der Waals surface area contributed by atoms with E-state index in [1.165, 1.54) is 5.56 Å². The summed E-state index contributed by atoms with van der Waals surface area (Å²) in [6, 6.07) is 8.27. The van der Waals surface area contributed by atoms with Crippen LogP contribution in [0.4, 0.5) is 0 Å². The van der Waals surface area contributed by atoms with Gasteiger partial charge >= 0.3 is 0 Å². The second-order valence-corrected chi connectivity index (χ2v) is 4.44. The molecule has 0 aromatic heterocycles. The molecule has 0 bridgehead atoms. The Balaban J connectivity index is 2.18. The van der Waals surface area contributed by atoms with Crippen LogP contribution in [0.3, 0.4) is 0 Å². The number of methoxy groups -OCH3 is 1. The minimum atomic E-state index is -0.164. The molecule has 94 valence electrons. The Morgan fingerprint density at radius 3 is 2.59 bits per heavy atom. The molecule has 1 atom stereocenters. The first-order chi connectivity index (χ1) is 8.30. The molecule has 1 aliphatic heterocycles. The summed E-state index contributed by atoms with van der Waals surface area (Å²) in [6.45, 7) is 4.67. The maximum absolute atomic E-state index is 5.76. The van der Waals surface area contributed by atoms with E-state index in [1.54, 1.807) is 7.11 Å². The molecule has 1 aromatic rings. The summed E-state index contributed by atoms with van der Waals surface area (Å²) in [6.07, 6.45) is 2.23. The molecule has 3 nitrogen and oxygen atoms in total. The first-order valence-electron chi connectivity index (χ1n) is 6.30. The zero-order valence-corrected chi connectivity index (χ0v) is 10.7. The van der Waals surface area contributed by atoms with Crippen molar-refractivity contribution < 1.29 is 9.47 Å². The van der Waals surface area contributed by atoms with Crippen LogP contribution in [0.25, 0.3) is 0 Å². The Labute approximate surface area is 103 Å². The zero-order chi connectivity index (χ0) is 12.1. The lowest BCUT2D eigenvalue weighted by atomic mass is 9.86. The summed E-state index contributed by atoms with van der Waals surface area (Å²) >= 11 is 0. The highest BCUT2D eigenvalue weighted by Crippen LogP contribution is 2.32. The molecule has 3 heteroatoms. The standard InChI is InChI=1S/C14H21NO2/c1-3-17-13-7-5-12(6-8-13)14(16-2)9-4-10-15-11-14/h5-8,15H,3-4,9-11H2,1-2H3. The van der Waals surface area contributed by atoms with Crippen molar-refractivity contribution in [2.24, 2.45) is 0 Å². The zero-order valence-electron chi connectivity index (χ0n) is 10.7. The lowest BCUT2D eigenvalue weighted by molar-refractivity contribution is -0.0333. The Bertz CT molecular complexity index is 342. The van der Waals surface area contributed by atoms with Gasteiger partial charge in [-0.25, -0.2) is 0 Å². The van der Waals surface area contributed by atoms with Gasteiger partial charge in [-0.1, -0.05) is 12.1 Å². The average Bonchev–Trinajstić information content (AvgIpc) is 2.41. The van der Waals surface area contributed by atoms with Gasteiger partial charge in [0.25, 0.3) is 0 Å². The van der Waals surface area contributed by atoms with Gasteiger partial charge in [0.2, 0.25) is 0 Å². The van der Waals surface area contributed by atoms with E-state index in [-0.39, 0.29) is 5.60 Å². The molecule has 0 aliphatic carbocycles. The minimum absolute atomic E-state index is 0.164. The molecule has 1 aliphatic rings. The van der Waals surface area contributed by atoms with Crippen molar-refractivity contribution in [3.05, 3.63) is 29.8 Å². The molecule has 1 saturated heterocycles. The minimum Gasteiger partial charge on any atom is -0.494 e. The maximum Gasteiger partial charge on any atom is 0.119 e. The van der Waals surface area contributed by atoms with Crippen LogP contribution in [0.2, 0.25) is 0 Å². The number of nitrogens with one attached hydrogen (secondary N) is 1. The van der Waals surface area contributed by atoms with Crippen molar-refractivity contribution in [1.29, 1.82) is 0 Å². The van der Waals surface area contributed by atoms with Gasteiger partial charge in [0, 0.05) is 13.7 Å². The van der Waals surface area contributed by atoms with Crippen LogP contribution in [-0.2, 0) is 10.3 Å². The Hall–Kier alpha value is -1.06. The average molecular weight is 235 g/mol. The largest absolute Gasteiger partial charge is 0.494 e. The van der Waals surface area contributed by atoms with Crippen LogP contribution in [-0.4, -0.2) is 26.8 Å². The Morgan fingerprint density at radius 2 is 2.06 bits per heavy atom. The van der Waals surface area contributed by atoms with Gasteiger partial charge < -0.3 is 14.8 Å². The molecule has 1 unspecified atom stereocenters. The number of rotatable bonds is 4. The Morgan fingerprint density at radius 1 is 1.29 bits per heavy atom. The van der Waals surface area contributed by atoms with E-state index in [0.29, 0.717) is 6.61 Å². The smallest absolute Gasteiger partial charge is 0.119 e. The van der Waals surface area contributed by atoms with Crippen LogP contribution < -0.4 is 10.1 Å². The van der Waals surface area contributed by atoms with Gasteiger partial charge in [0.15, 0.2) is 0 Å². The molecular formula is C14H21NO2. The highest BCUT2D eigenvalue weighted by Gasteiger charge is 2.33. The first-order valence-corrected chi connectivity index (χ1v) is 6.30. The quantitative estimate of drug-likeness (QED) is 0.868. The predicted molar refractivity (Wildman–Crippen MR) is 68.4 cm³/mol. The third-order valence-corrected chi connectivity index (χ3v) is 3.43. The van der Waals surface area contributed by atoms with Crippen molar-refractivity contribution in [2.75, 3.05) is 26.8 Å². The van der Waals surface area contributed by atoms with Crippen LogP contribution in [0.5, 0.6) is 5.75 Å². The third kappa shape index (κ3) is 2.61.